The summed E-state index contributed by atoms with van der Waals surface area (Å²) >= 11 is 0. The Morgan fingerprint density at radius 2 is 1.77 bits per heavy atom. The van der Waals surface area contributed by atoms with E-state index in [4.69, 9.17) is 4.74 Å². The number of ether oxygens (including phenoxy) is 1. The van der Waals surface area contributed by atoms with Crippen molar-refractivity contribution >= 4 is 17.7 Å². The lowest BCUT2D eigenvalue weighted by atomic mass is 9.97. The van der Waals surface area contributed by atoms with E-state index in [1.165, 1.54) is 10.5 Å². The van der Waals surface area contributed by atoms with Crippen LogP contribution >= 0.6 is 0 Å². The molecule has 0 bridgehead atoms. The molecule has 0 spiro atoms. The monoisotopic (exact) mass is 408 g/mol. The van der Waals surface area contributed by atoms with Crippen LogP contribution in [-0.4, -0.2) is 36.1 Å². The predicted molar refractivity (Wildman–Crippen MR) is 119 cm³/mol. The van der Waals surface area contributed by atoms with Crippen LogP contribution in [0, 0.1) is 5.92 Å². The van der Waals surface area contributed by atoms with Crippen LogP contribution < -0.4 is 4.90 Å². The first-order chi connectivity index (χ1) is 14.2. The van der Waals surface area contributed by atoms with Crippen LogP contribution in [0.3, 0.4) is 0 Å². The molecule has 30 heavy (non-hydrogen) atoms. The highest BCUT2D eigenvalue weighted by atomic mass is 16.6. The fourth-order valence-corrected chi connectivity index (χ4v) is 3.82. The Balaban J connectivity index is 1.61. The van der Waals surface area contributed by atoms with E-state index in [1.54, 1.807) is 7.05 Å². The lowest BCUT2D eigenvalue weighted by Crippen LogP contribution is -2.34. The van der Waals surface area contributed by atoms with Gasteiger partial charge in [-0.3, -0.25) is 9.69 Å². The second-order valence-electron chi connectivity index (χ2n) is 9.01. The molecule has 2 aromatic rings. The number of hydrogen-bond acceptors (Lipinski definition) is 3. The minimum Gasteiger partial charge on any atom is -0.443 e. The Hall–Kier alpha value is -2.82. The summed E-state index contributed by atoms with van der Waals surface area (Å²) in [5.41, 5.74) is 2.51. The van der Waals surface area contributed by atoms with E-state index in [0.29, 0.717) is 6.42 Å². The first-order valence-corrected chi connectivity index (χ1v) is 10.6. The molecule has 1 unspecified atom stereocenters. The van der Waals surface area contributed by atoms with Gasteiger partial charge in [-0.05, 0) is 63.8 Å². The zero-order valence-electron chi connectivity index (χ0n) is 18.6. The molecule has 1 fully saturated rings. The number of carbonyl (C=O) groups excluding carboxylic acids is 2. The number of anilines is 1. The standard InChI is InChI=1S/C25H32N2O3/c1-18(20-9-7-6-8-10-20)27-16-15-21(23(27)28)17-19-11-13-22(14-12-19)26(5)24(29)30-25(2,3)4/h6-14,18,21H,15-17H2,1-5H3/t18-,21?/m1/s1. The van der Waals surface area contributed by atoms with E-state index < -0.39 is 5.60 Å². The minimum atomic E-state index is -0.531. The molecule has 0 N–H and O–H groups in total. The molecule has 160 valence electrons. The van der Waals surface area contributed by atoms with E-state index in [2.05, 4.69) is 19.1 Å². The molecular formula is C25H32N2O3. The van der Waals surface area contributed by atoms with Gasteiger partial charge in [-0.2, -0.15) is 0 Å². The van der Waals surface area contributed by atoms with Gasteiger partial charge in [0.05, 0.1) is 6.04 Å². The molecule has 2 aromatic carbocycles. The first-order valence-electron chi connectivity index (χ1n) is 10.6. The van der Waals surface area contributed by atoms with Crippen molar-refractivity contribution in [2.24, 2.45) is 5.92 Å². The maximum absolute atomic E-state index is 13.0. The summed E-state index contributed by atoms with van der Waals surface area (Å²) in [5.74, 6) is 0.229. The van der Waals surface area contributed by atoms with Gasteiger partial charge >= 0.3 is 6.09 Å². The summed E-state index contributed by atoms with van der Waals surface area (Å²) in [5, 5.41) is 0. The fraction of sp³-hybridized carbons (Fsp3) is 0.440. The van der Waals surface area contributed by atoms with Crippen LogP contribution in [0.5, 0.6) is 0 Å². The Bertz CT molecular complexity index is 872. The molecule has 5 nitrogen and oxygen atoms in total. The van der Waals surface area contributed by atoms with Crippen molar-refractivity contribution in [2.45, 2.75) is 52.2 Å². The highest BCUT2D eigenvalue weighted by molar-refractivity contribution is 5.87. The molecule has 0 saturated carbocycles. The van der Waals surface area contributed by atoms with Gasteiger partial charge in [0.1, 0.15) is 5.60 Å². The minimum absolute atomic E-state index is 0.00518. The second-order valence-corrected chi connectivity index (χ2v) is 9.01. The van der Waals surface area contributed by atoms with E-state index in [-0.39, 0.29) is 24.0 Å². The number of likely N-dealkylation sites (tertiary alicyclic amines) is 1. The number of nitrogens with zero attached hydrogens (tertiary/aromatic N) is 2. The highest BCUT2D eigenvalue weighted by Gasteiger charge is 2.34. The number of benzene rings is 2. The summed E-state index contributed by atoms with van der Waals surface area (Å²) in [7, 11) is 1.70. The molecule has 3 rings (SSSR count). The Kier molecular flexibility index (Phi) is 6.49. The molecule has 1 heterocycles. The summed E-state index contributed by atoms with van der Waals surface area (Å²) in [6, 6.07) is 18.1. The Labute approximate surface area is 179 Å². The molecule has 0 aliphatic carbocycles. The van der Waals surface area contributed by atoms with E-state index >= 15 is 0 Å². The average molecular weight is 409 g/mol. The number of carbonyl (C=O) groups is 2. The van der Waals surface area contributed by atoms with Crippen molar-refractivity contribution in [3.63, 3.8) is 0 Å². The van der Waals surface area contributed by atoms with Gasteiger partial charge in [0.2, 0.25) is 5.91 Å². The van der Waals surface area contributed by atoms with Crippen molar-refractivity contribution in [3.05, 3.63) is 65.7 Å². The van der Waals surface area contributed by atoms with Gasteiger partial charge in [0.25, 0.3) is 0 Å². The average Bonchev–Trinajstić information content (AvgIpc) is 3.07. The van der Waals surface area contributed by atoms with Gasteiger partial charge in [-0.15, -0.1) is 0 Å². The number of amides is 2. The van der Waals surface area contributed by atoms with Gasteiger partial charge < -0.3 is 9.64 Å². The Morgan fingerprint density at radius 3 is 2.37 bits per heavy atom. The molecule has 5 heteroatoms. The number of rotatable bonds is 5. The maximum atomic E-state index is 13.0. The summed E-state index contributed by atoms with van der Waals surface area (Å²) in [4.78, 5) is 28.7. The molecular weight excluding hydrogens is 376 g/mol. The van der Waals surface area contributed by atoms with Gasteiger partial charge in [0.15, 0.2) is 0 Å². The molecule has 2 atom stereocenters. The van der Waals surface area contributed by atoms with Crippen molar-refractivity contribution in [2.75, 3.05) is 18.5 Å². The molecule has 1 aliphatic rings. The van der Waals surface area contributed by atoms with Crippen molar-refractivity contribution < 1.29 is 14.3 Å². The summed E-state index contributed by atoms with van der Waals surface area (Å²) < 4.78 is 5.41. The van der Waals surface area contributed by atoms with Crippen LogP contribution in [0.2, 0.25) is 0 Å². The predicted octanol–water partition coefficient (Wildman–Crippen LogP) is 5.21. The fourth-order valence-electron chi connectivity index (χ4n) is 3.82. The van der Waals surface area contributed by atoms with Crippen LogP contribution in [0.4, 0.5) is 10.5 Å². The third-order valence-corrected chi connectivity index (χ3v) is 5.57. The molecule has 0 aromatic heterocycles. The quantitative estimate of drug-likeness (QED) is 0.682. The van der Waals surface area contributed by atoms with E-state index in [0.717, 1.165) is 24.2 Å². The summed E-state index contributed by atoms with van der Waals surface area (Å²) in [6.07, 6.45) is 1.20. The Morgan fingerprint density at radius 1 is 1.13 bits per heavy atom. The van der Waals surface area contributed by atoms with E-state index in [1.807, 2.05) is 68.1 Å². The third-order valence-electron chi connectivity index (χ3n) is 5.57. The smallest absolute Gasteiger partial charge is 0.414 e. The van der Waals surface area contributed by atoms with Crippen molar-refractivity contribution in [3.8, 4) is 0 Å². The van der Waals surface area contributed by atoms with E-state index in [9.17, 15) is 9.59 Å². The normalized spacial score (nSPS) is 17.7. The van der Waals surface area contributed by atoms with Crippen LogP contribution in [0.1, 0.15) is 51.3 Å². The SMILES string of the molecule is C[C@H](c1ccccc1)N1CCC(Cc2ccc(N(C)C(=O)OC(C)(C)C)cc2)C1=O. The molecule has 2 amide bonds. The lowest BCUT2D eigenvalue weighted by Gasteiger charge is -2.25. The molecule has 1 aliphatic heterocycles. The van der Waals surface area contributed by atoms with Crippen LogP contribution in [0.15, 0.2) is 54.6 Å². The maximum Gasteiger partial charge on any atom is 0.414 e. The van der Waals surface area contributed by atoms with Gasteiger partial charge in [-0.1, -0.05) is 42.5 Å². The van der Waals surface area contributed by atoms with Gasteiger partial charge in [0, 0.05) is 25.2 Å². The highest BCUT2D eigenvalue weighted by Crippen LogP contribution is 2.30. The van der Waals surface area contributed by atoms with Gasteiger partial charge in [-0.25, -0.2) is 4.79 Å². The van der Waals surface area contributed by atoms with Crippen molar-refractivity contribution in [1.29, 1.82) is 0 Å². The largest absolute Gasteiger partial charge is 0.443 e. The third kappa shape index (κ3) is 5.21. The first kappa shape index (κ1) is 21.9. The second kappa shape index (κ2) is 8.90. The van der Waals surface area contributed by atoms with Crippen LogP contribution in [0.25, 0.3) is 0 Å². The lowest BCUT2D eigenvalue weighted by molar-refractivity contribution is -0.132. The zero-order chi connectivity index (χ0) is 21.9. The van der Waals surface area contributed by atoms with Crippen LogP contribution in [-0.2, 0) is 16.0 Å². The summed E-state index contributed by atoms with van der Waals surface area (Å²) in [6.45, 7) is 8.43. The zero-order valence-corrected chi connectivity index (χ0v) is 18.6. The molecule has 1 saturated heterocycles. The topological polar surface area (TPSA) is 49.9 Å². The molecule has 0 radical (unpaired) electrons. The number of hydrogen-bond donors (Lipinski definition) is 0. The van der Waals surface area contributed by atoms with Crippen molar-refractivity contribution in [1.82, 2.24) is 4.90 Å².